The second kappa shape index (κ2) is 9.79. The zero-order chi connectivity index (χ0) is 27.3. The van der Waals surface area contributed by atoms with Gasteiger partial charge in [0, 0.05) is 29.9 Å². The molecule has 1 aromatic heterocycles. The second-order valence-electron chi connectivity index (χ2n) is 10.7. The summed E-state index contributed by atoms with van der Waals surface area (Å²) in [6.07, 6.45) is 0.562. The quantitative estimate of drug-likeness (QED) is 0.289. The molecule has 202 valence electrons. The summed E-state index contributed by atoms with van der Waals surface area (Å²) in [5.41, 5.74) is 0.286. The maximum atomic E-state index is 13.0. The molecule has 0 saturated carbocycles. The van der Waals surface area contributed by atoms with Gasteiger partial charge in [-0.15, -0.1) is 0 Å². The van der Waals surface area contributed by atoms with Crippen molar-refractivity contribution in [2.75, 3.05) is 23.7 Å². The minimum atomic E-state index is -4.46. The summed E-state index contributed by atoms with van der Waals surface area (Å²) >= 11 is 0. The maximum absolute atomic E-state index is 13.0. The van der Waals surface area contributed by atoms with Crippen LogP contribution in [0.4, 0.5) is 30.2 Å². The minimum Gasteiger partial charge on any atom is -0.372 e. The lowest BCUT2D eigenvalue weighted by Crippen LogP contribution is -2.56. The number of para-hydroxylation sites is 1. The smallest absolute Gasteiger partial charge is 0.372 e. The first-order valence-electron chi connectivity index (χ1n) is 13.4. The van der Waals surface area contributed by atoms with Gasteiger partial charge in [-0.3, -0.25) is 19.5 Å². The number of halogens is 3. The third-order valence-corrected chi connectivity index (χ3v) is 8.55. The molecule has 2 N–H and O–H groups in total. The van der Waals surface area contributed by atoms with Crippen molar-refractivity contribution in [3.8, 4) is 0 Å². The first-order valence-corrected chi connectivity index (χ1v) is 13.4. The van der Waals surface area contributed by atoms with E-state index in [1.165, 1.54) is 12.1 Å². The molecular formula is C30H29F3N4O2. The van der Waals surface area contributed by atoms with Crippen molar-refractivity contribution in [2.24, 2.45) is 11.8 Å². The van der Waals surface area contributed by atoms with Crippen molar-refractivity contribution in [2.45, 2.75) is 44.4 Å². The molecule has 3 aliphatic heterocycles. The van der Waals surface area contributed by atoms with Gasteiger partial charge in [0.2, 0.25) is 0 Å². The van der Waals surface area contributed by atoms with Crippen molar-refractivity contribution < 1.29 is 13.2 Å². The molecule has 3 fully saturated rings. The van der Waals surface area contributed by atoms with E-state index in [0.717, 1.165) is 61.0 Å². The van der Waals surface area contributed by atoms with Crippen molar-refractivity contribution in [3.63, 3.8) is 0 Å². The van der Waals surface area contributed by atoms with Crippen LogP contribution in [0.2, 0.25) is 0 Å². The molecule has 39 heavy (non-hydrogen) atoms. The lowest BCUT2D eigenvalue weighted by atomic mass is 9.72. The van der Waals surface area contributed by atoms with Gasteiger partial charge in [0.15, 0.2) is 0 Å². The van der Waals surface area contributed by atoms with Crippen LogP contribution in [0.15, 0.2) is 70.4 Å². The van der Waals surface area contributed by atoms with Gasteiger partial charge in [-0.25, -0.2) is 0 Å². The molecule has 2 bridgehead atoms. The van der Waals surface area contributed by atoms with Gasteiger partial charge in [-0.05, 0) is 73.2 Å². The third kappa shape index (κ3) is 4.58. The van der Waals surface area contributed by atoms with Crippen LogP contribution in [-0.2, 0) is 6.18 Å². The number of aromatic nitrogens is 1. The Kier molecular flexibility index (Phi) is 6.41. The average Bonchev–Trinajstić information content (AvgIpc) is 2.96. The molecular weight excluding hydrogens is 505 g/mol. The van der Waals surface area contributed by atoms with E-state index in [4.69, 9.17) is 0 Å². The van der Waals surface area contributed by atoms with Crippen molar-refractivity contribution in [1.29, 1.82) is 0 Å². The predicted molar refractivity (Wildman–Crippen MR) is 146 cm³/mol. The minimum absolute atomic E-state index is 0.0746. The summed E-state index contributed by atoms with van der Waals surface area (Å²) in [5.74, 6) is 1.24. The summed E-state index contributed by atoms with van der Waals surface area (Å²) in [6, 6.07) is 14.1. The van der Waals surface area contributed by atoms with Crippen molar-refractivity contribution in [1.82, 2.24) is 9.88 Å². The topological polar surface area (TPSA) is 74.3 Å². The van der Waals surface area contributed by atoms with Crippen LogP contribution in [0, 0.1) is 11.8 Å². The number of benzene rings is 2. The molecule has 0 radical (unpaired) electrons. The highest BCUT2D eigenvalue weighted by Crippen LogP contribution is 2.44. The largest absolute Gasteiger partial charge is 0.416 e. The average molecular weight is 535 g/mol. The zero-order valence-corrected chi connectivity index (χ0v) is 21.5. The van der Waals surface area contributed by atoms with Crippen molar-refractivity contribution in [3.05, 3.63) is 92.4 Å². The fourth-order valence-electron chi connectivity index (χ4n) is 6.45. The van der Waals surface area contributed by atoms with E-state index in [0.29, 0.717) is 17.5 Å². The van der Waals surface area contributed by atoms with Crippen LogP contribution in [0.1, 0.15) is 43.4 Å². The molecule has 0 spiro atoms. The fraction of sp³-hybridized carbons (Fsp3) is 0.367. The zero-order valence-electron chi connectivity index (χ0n) is 21.5. The molecule has 3 aromatic carbocycles. The van der Waals surface area contributed by atoms with E-state index >= 15 is 0 Å². The molecule has 2 unspecified atom stereocenters. The van der Waals surface area contributed by atoms with E-state index in [9.17, 15) is 22.8 Å². The van der Waals surface area contributed by atoms with Crippen LogP contribution in [0.3, 0.4) is 0 Å². The Labute approximate surface area is 223 Å². The molecule has 7 rings (SSSR count). The first kappa shape index (κ1) is 25.6. The van der Waals surface area contributed by atoms with E-state index in [1.807, 2.05) is 30.3 Å². The molecule has 9 heteroatoms. The Balaban J connectivity index is 1.36. The number of nitrogens with one attached hydrogen (secondary N) is 2. The molecule has 4 heterocycles. The van der Waals surface area contributed by atoms with E-state index < -0.39 is 22.6 Å². The number of piperidine rings is 3. The summed E-state index contributed by atoms with van der Waals surface area (Å²) in [6.45, 7) is 4.21. The molecule has 4 aromatic rings. The molecule has 0 aliphatic carbocycles. The second-order valence-corrected chi connectivity index (χ2v) is 10.7. The van der Waals surface area contributed by atoms with Crippen LogP contribution in [0.5, 0.6) is 0 Å². The Morgan fingerprint density at radius 3 is 2.46 bits per heavy atom. The summed E-state index contributed by atoms with van der Waals surface area (Å²) < 4.78 is 39.0. The number of alkyl halides is 3. The standard InChI is InChI=1S/C30H29F3N4O2/c1-2-17-16-37-14-12-18(17)15-24(37)25(22-11-13-34-23-6-4-3-5-21(22)23)36-27-26(28(38)29(27)39)35-20-9-7-19(8-10-20)30(31,32)33/h3-11,13,17-18,24-25,35-36H,2,12,14-16H2,1H3/t17?,18-,24-,25-/m0/s1. The number of anilines is 3. The summed E-state index contributed by atoms with van der Waals surface area (Å²) in [7, 11) is 0. The van der Waals surface area contributed by atoms with Gasteiger partial charge in [0.05, 0.1) is 17.1 Å². The van der Waals surface area contributed by atoms with Crippen LogP contribution < -0.4 is 21.5 Å². The first-order chi connectivity index (χ1) is 18.7. The normalized spacial score (nSPS) is 23.7. The lowest BCUT2D eigenvalue weighted by molar-refractivity contribution is -0.137. The molecule has 3 aliphatic rings. The van der Waals surface area contributed by atoms with Crippen molar-refractivity contribution >= 4 is 28.0 Å². The van der Waals surface area contributed by atoms with E-state index in [-0.39, 0.29) is 23.5 Å². The van der Waals surface area contributed by atoms with Gasteiger partial charge in [0.25, 0.3) is 10.9 Å². The Morgan fingerprint density at radius 2 is 1.77 bits per heavy atom. The Bertz CT molecular complexity index is 1570. The number of rotatable bonds is 7. The van der Waals surface area contributed by atoms with Gasteiger partial charge < -0.3 is 10.6 Å². The van der Waals surface area contributed by atoms with E-state index in [1.54, 1.807) is 6.20 Å². The van der Waals surface area contributed by atoms with Gasteiger partial charge in [-0.1, -0.05) is 31.5 Å². The summed E-state index contributed by atoms with van der Waals surface area (Å²) in [5, 5.41) is 7.30. The number of nitrogens with zero attached hydrogens (tertiary/aromatic N) is 2. The van der Waals surface area contributed by atoms with Gasteiger partial charge in [-0.2, -0.15) is 13.2 Å². The van der Waals surface area contributed by atoms with Gasteiger partial charge >= 0.3 is 6.18 Å². The van der Waals surface area contributed by atoms with Crippen LogP contribution in [-0.4, -0.2) is 29.0 Å². The highest BCUT2D eigenvalue weighted by atomic mass is 19.4. The number of hydrogen-bond donors (Lipinski definition) is 2. The fourth-order valence-corrected chi connectivity index (χ4v) is 6.45. The maximum Gasteiger partial charge on any atom is 0.416 e. The predicted octanol–water partition coefficient (Wildman–Crippen LogP) is 5.87. The molecule has 3 saturated heterocycles. The van der Waals surface area contributed by atoms with Gasteiger partial charge in [0.1, 0.15) is 11.4 Å². The number of hydrogen-bond acceptors (Lipinski definition) is 6. The molecule has 0 amide bonds. The Hall–Kier alpha value is -3.72. The highest BCUT2D eigenvalue weighted by Gasteiger charge is 2.44. The number of fused-ring (bicyclic) bond motifs is 4. The molecule has 5 atom stereocenters. The lowest BCUT2D eigenvalue weighted by Gasteiger charge is -2.52. The Morgan fingerprint density at radius 1 is 1.03 bits per heavy atom. The number of pyridine rings is 1. The van der Waals surface area contributed by atoms with E-state index in [2.05, 4.69) is 27.4 Å². The summed E-state index contributed by atoms with van der Waals surface area (Å²) in [4.78, 5) is 32.4. The monoisotopic (exact) mass is 534 g/mol. The van der Waals surface area contributed by atoms with Crippen LogP contribution in [0.25, 0.3) is 10.9 Å². The SMILES string of the molecule is CCC1CN2CC[C@H]1C[C@H]2[C@@H](Nc1c(Nc2ccc(C(F)(F)F)cc2)c(=O)c1=O)c1ccnc2ccccc12. The highest BCUT2D eigenvalue weighted by molar-refractivity contribution is 5.84. The third-order valence-electron chi connectivity index (χ3n) is 8.55. The molecule has 6 nitrogen and oxygen atoms in total. The van der Waals surface area contributed by atoms with Crippen LogP contribution >= 0.6 is 0 Å².